The van der Waals surface area contributed by atoms with Gasteiger partial charge in [0, 0.05) is 6.54 Å². The van der Waals surface area contributed by atoms with Gasteiger partial charge in [0.25, 0.3) is 0 Å². The Morgan fingerprint density at radius 1 is 1.17 bits per heavy atom. The topological polar surface area (TPSA) is 12.0 Å². The van der Waals surface area contributed by atoms with Crippen molar-refractivity contribution in [1.82, 2.24) is 5.32 Å². The van der Waals surface area contributed by atoms with Crippen molar-refractivity contribution in [2.24, 2.45) is 0 Å². The molecular formula is C11H15N. The summed E-state index contributed by atoms with van der Waals surface area (Å²) in [6.45, 7) is 2.35. The maximum Gasteiger partial charge on any atom is 0.00201 e. The number of rotatable bonds is 1. The fourth-order valence-electron chi connectivity index (χ4n) is 1.86. The average molecular weight is 161 g/mol. The van der Waals surface area contributed by atoms with Crippen molar-refractivity contribution in [2.75, 3.05) is 13.1 Å². The van der Waals surface area contributed by atoms with E-state index >= 15 is 0 Å². The van der Waals surface area contributed by atoms with Crippen molar-refractivity contribution >= 4 is 0 Å². The summed E-state index contributed by atoms with van der Waals surface area (Å²) in [5.74, 6) is 0.750. The molecule has 1 aromatic rings. The molecule has 2 rings (SSSR count). The van der Waals surface area contributed by atoms with Gasteiger partial charge in [-0.15, -0.1) is 0 Å². The summed E-state index contributed by atoms with van der Waals surface area (Å²) in [6.07, 6.45) is 2.66. The van der Waals surface area contributed by atoms with E-state index in [1.54, 1.807) is 0 Å². The Kier molecular flexibility index (Phi) is 2.42. The third-order valence-electron chi connectivity index (χ3n) is 2.57. The van der Waals surface area contributed by atoms with Crippen LogP contribution in [0.5, 0.6) is 0 Å². The molecule has 0 aromatic heterocycles. The molecule has 1 fully saturated rings. The minimum absolute atomic E-state index is 0.750. The molecule has 1 heteroatoms. The first kappa shape index (κ1) is 7.81. The maximum absolute atomic E-state index is 3.43. The van der Waals surface area contributed by atoms with E-state index in [0.29, 0.717) is 0 Å². The molecule has 12 heavy (non-hydrogen) atoms. The monoisotopic (exact) mass is 161 g/mol. The van der Waals surface area contributed by atoms with Crippen LogP contribution in [0.25, 0.3) is 0 Å². The number of hydrogen-bond acceptors (Lipinski definition) is 1. The lowest BCUT2D eigenvalue weighted by molar-refractivity contribution is 0.461. The molecule has 1 saturated heterocycles. The van der Waals surface area contributed by atoms with Crippen LogP contribution in [0.4, 0.5) is 0 Å². The predicted octanol–water partition coefficient (Wildman–Crippen LogP) is 2.15. The van der Waals surface area contributed by atoms with E-state index in [-0.39, 0.29) is 0 Å². The van der Waals surface area contributed by atoms with Gasteiger partial charge >= 0.3 is 0 Å². The van der Waals surface area contributed by atoms with Gasteiger partial charge in [-0.3, -0.25) is 0 Å². The molecule has 1 aliphatic rings. The Bertz CT molecular complexity index is 224. The third kappa shape index (κ3) is 1.67. The van der Waals surface area contributed by atoms with Crippen molar-refractivity contribution < 1.29 is 0 Å². The van der Waals surface area contributed by atoms with Crippen LogP contribution < -0.4 is 5.32 Å². The summed E-state index contributed by atoms with van der Waals surface area (Å²) in [5.41, 5.74) is 1.49. The van der Waals surface area contributed by atoms with Crippen molar-refractivity contribution in [1.29, 1.82) is 0 Å². The molecule has 0 aliphatic carbocycles. The standard InChI is InChI=1S/C11H15N/c1-2-5-10(6-3-1)11-7-4-8-12-9-11/h1-3,5-6,11-12H,4,7-9H2/t11-/m1/s1. The van der Waals surface area contributed by atoms with Gasteiger partial charge in [0.15, 0.2) is 0 Å². The fraction of sp³-hybridized carbons (Fsp3) is 0.455. The number of benzene rings is 1. The molecule has 1 N–H and O–H groups in total. The maximum atomic E-state index is 3.43. The lowest BCUT2D eigenvalue weighted by Gasteiger charge is -2.22. The van der Waals surface area contributed by atoms with Crippen LogP contribution in [0, 0.1) is 0 Å². The van der Waals surface area contributed by atoms with Crippen LogP contribution in [0.2, 0.25) is 0 Å². The highest BCUT2D eigenvalue weighted by Gasteiger charge is 2.13. The molecule has 64 valence electrons. The van der Waals surface area contributed by atoms with Crippen LogP contribution in [0.1, 0.15) is 24.3 Å². The Morgan fingerprint density at radius 3 is 2.67 bits per heavy atom. The second-order valence-corrected chi connectivity index (χ2v) is 3.45. The second kappa shape index (κ2) is 3.72. The molecule has 0 radical (unpaired) electrons. The summed E-state index contributed by atoms with van der Waals surface area (Å²) >= 11 is 0. The van der Waals surface area contributed by atoms with Crippen LogP contribution in [0.3, 0.4) is 0 Å². The predicted molar refractivity (Wildman–Crippen MR) is 51.3 cm³/mol. The van der Waals surface area contributed by atoms with Gasteiger partial charge in [-0.1, -0.05) is 30.3 Å². The molecule has 0 amide bonds. The van der Waals surface area contributed by atoms with E-state index in [0.717, 1.165) is 12.5 Å². The van der Waals surface area contributed by atoms with Crippen molar-refractivity contribution in [3.63, 3.8) is 0 Å². The van der Waals surface area contributed by atoms with E-state index in [1.165, 1.54) is 24.9 Å². The number of nitrogens with one attached hydrogen (secondary N) is 1. The first-order valence-electron chi connectivity index (χ1n) is 4.72. The molecule has 0 saturated carbocycles. The largest absolute Gasteiger partial charge is 0.316 e. The van der Waals surface area contributed by atoms with Crippen LogP contribution in [0.15, 0.2) is 30.3 Å². The van der Waals surface area contributed by atoms with Crippen LogP contribution in [-0.2, 0) is 0 Å². The van der Waals surface area contributed by atoms with E-state index < -0.39 is 0 Å². The minimum Gasteiger partial charge on any atom is -0.316 e. The molecule has 1 aromatic carbocycles. The fourth-order valence-corrected chi connectivity index (χ4v) is 1.86. The summed E-state index contributed by atoms with van der Waals surface area (Å²) in [6, 6.07) is 10.8. The molecule has 0 spiro atoms. The molecule has 0 unspecified atom stereocenters. The minimum atomic E-state index is 0.750. The molecule has 1 atom stereocenters. The SMILES string of the molecule is c1ccc([C@@H]2CCCNC2)cc1. The Morgan fingerprint density at radius 2 is 2.00 bits per heavy atom. The summed E-state index contributed by atoms with van der Waals surface area (Å²) in [5, 5.41) is 3.43. The molecule has 1 aliphatic heterocycles. The van der Waals surface area contributed by atoms with E-state index in [2.05, 4.69) is 35.6 Å². The van der Waals surface area contributed by atoms with Gasteiger partial charge in [0.05, 0.1) is 0 Å². The van der Waals surface area contributed by atoms with Crippen molar-refractivity contribution in [3.8, 4) is 0 Å². The lowest BCUT2D eigenvalue weighted by Crippen LogP contribution is -2.28. The van der Waals surface area contributed by atoms with Crippen molar-refractivity contribution in [3.05, 3.63) is 35.9 Å². The smallest absolute Gasteiger partial charge is 0.00201 e. The average Bonchev–Trinajstić information content (AvgIpc) is 2.21. The first-order chi connectivity index (χ1) is 5.97. The zero-order valence-corrected chi connectivity index (χ0v) is 7.29. The zero-order valence-electron chi connectivity index (χ0n) is 7.29. The summed E-state index contributed by atoms with van der Waals surface area (Å²) in [4.78, 5) is 0. The van der Waals surface area contributed by atoms with E-state index in [4.69, 9.17) is 0 Å². The number of piperidine rings is 1. The van der Waals surface area contributed by atoms with Crippen LogP contribution >= 0.6 is 0 Å². The Labute approximate surface area is 73.8 Å². The van der Waals surface area contributed by atoms with Gasteiger partial charge in [-0.2, -0.15) is 0 Å². The highest BCUT2D eigenvalue weighted by atomic mass is 14.9. The van der Waals surface area contributed by atoms with Crippen molar-refractivity contribution in [2.45, 2.75) is 18.8 Å². The molecular weight excluding hydrogens is 146 g/mol. The van der Waals surface area contributed by atoms with E-state index in [9.17, 15) is 0 Å². The number of hydrogen-bond donors (Lipinski definition) is 1. The normalized spacial score (nSPS) is 23.8. The van der Waals surface area contributed by atoms with Gasteiger partial charge in [0.1, 0.15) is 0 Å². The Balaban J connectivity index is 2.08. The first-order valence-corrected chi connectivity index (χ1v) is 4.72. The third-order valence-corrected chi connectivity index (χ3v) is 2.57. The van der Waals surface area contributed by atoms with Gasteiger partial charge in [-0.05, 0) is 30.9 Å². The molecule has 0 bridgehead atoms. The quantitative estimate of drug-likeness (QED) is 0.665. The second-order valence-electron chi connectivity index (χ2n) is 3.45. The zero-order chi connectivity index (χ0) is 8.23. The van der Waals surface area contributed by atoms with E-state index in [1.807, 2.05) is 0 Å². The highest BCUT2D eigenvalue weighted by Crippen LogP contribution is 2.22. The van der Waals surface area contributed by atoms with Gasteiger partial charge in [0.2, 0.25) is 0 Å². The highest BCUT2D eigenvalue weighted by molar-refractivity contribution is 5.20. The van der Waals surface area contributed by atoms with Gasteiger partial charge in [-0.25, -0.2) is 0 Å². The van der Waals surface area contributed by atoms with Crippen LogP contribution in [-0.4, -0.2) is 13.1 Å². The molecule has 1 heterocycles. The molecule has 1 nitrogen and oxygen atoms in total. The van der Waals surface area contributed by atoms with Gasteiger partial charge < -0.3 is 5.32 Å². The lowest BCUT2D eigenvalue weighted by atomic mass is 9.92. The summed E-state index contributed by atoms with van der Waals surface area (Å²) < 4.78 is 0. The Hall–Kier alpha value is -0.820. The summed E-state index contributed by atoms with van der Waals surface area (Å²) in [7, 11) is 0.